The normalized spacial score (nSPS) is 9.71. The molecule has 0 saturated carbocycles. The van der Waals surface area contributed by atoms with Crippen LogP contribution in [0.15, 0.2) is 24.3 Å². The maximum atomic E-state index is 10.9. The Morgan fingerprint density at radius 2 is 1.94 bits per heavy atom. The van der Waals surface area contributed by atoms with E-state index in [9.17, 15) is 9.59 Å². The molecule has 0 atom stereocenters. The van der Waals surface area contributed by atoms with Crippen LogP contribution >= 0.6 is 0 Å². The predicted molar refractivity (Wildman–Crippen MR) is 62.0 cm³/mol. The number of rotatable bonds is 6. The molecule has 1 rings (SSSR count). The van der Waals surface area contributed by atoms with Crippen molar-refractivity contribution in [2.24, 2.45) is 0 Å². The van der Waals surface area contributed by atoms with Gasteiger partial charge in [0.2, 0.25) is 5.91 Å². The summed E-state index contributed by atoms with van der Waals surface area (Å²) in [5.41, 5.74) is 0.719. The summed E-state index contributed by atoms with van der Waals surface area (Å²) in [7, 11) is 1.57. The fourth-order valence-electron chi connectivity index (χ4n) is 1.26. The highest BCUT2D eigenvalue weighted by atomic mass is 16.5. The number of ether oxygens (including phenoxy) is 1. The largest absolute Gasteiger partial charge is 0.493 e. The SMILES string of the molecule is CNC(=O)CCOc1ccc(CC(=O)O)cc1. The first kappa shape index (κ1) is 13.0. The minimum absolute atomic E-state index is 0.00147. The maximum Gasteiger partial charge on any atom is 0.307 e. The van der Waals surface area contributed by atoms with Crippen LogP contribution in [0.5, 0.6) is 5.75 Å². The zero-order chi connectivity index (χ0) is 12.7. The van der Waals surface area contributed by atoms with Gasteiger partial charge in [-0.2, -0.15) is 0 Å². The van der Waals surface area contributed by atoms with Crippen molar-refractivity contribution in [1.29, 1.82) is 0 Å². The molecule has 0 aliphatic carbocycles. The molecule has 1 aromatic carbocycles. The Bertz CT molecular complexity index is 386. The van der Waals surface area contributed by atoms with E-state index in [1.807, 2.05) is 0 Å². The van der Waals surface area contributed by atoms with E-state index < -0.39 is 5.97 Å². The van der Waals surface area contributed by atoms with Gasteiger partial charge < -0.3 is 15.2 Å². The van der Waals surface area contributed by atoms with Crippen molar-refractivity contribution in [2.75, 3.05) is 13.7 Å². The number of amides is 1. The quantitative estimate of drug-likeness (QED) is 0.768. The van der Waals surface area contributed by atoms with Crippen LogP contribution in [-0.4, -0.2) is 30.6 Å². The number of aliphatic carboxylic acids is 1. The molecule has 0 aliphatic rings. The van der Waals surface area contributed by atoms with E-state index in [1.54, 1.807) is 31.3 Å². The summed E-state index contributed by atoms with van der Waals surface area (Å²) in [6, 6.07) is 6.79. The molecule has 17 heavy (non-hydrogen) atoms. The first-order valence-electron chi connectivity index (χ1n) is 5.26. The molecule has 0 heterocycles. The molecule has 92 valence electrons. The van der Waals surface area contributed by atoms with Crippen LogP contribution in [0.3, 0.4) is 0 Å². The first-order valence-corrected chi connectivity index (χ1v) is 5.26. The van der Waals surface area contributed by atoms with E-state index in [0.29, 0.717) is 18.8 Å². The monoisotopic (exact) mass is 237 g/mol. The number of hydrogen-bond donors (Lipinski definition) is 2. The molecule has 0 aromatic heterocycles. The van der Waals surface area contributed by atoms with Crippen molar-refractivity contribution in [3.8, 4) is 5.75 Å². The van der Waals surface area contributed by atoms with Gasteiger partial charge in [-0.1, -0.05) is 12.1 Å². The number of carboxylic acid groups (broad SMARTS) is 1. The summed E-state index contributed by atoms with van der Waals surface area (Å²) in [6.07, 6.45) is 0.298. The van der Waals surface area contributed by atoms with E-state index in [0.717, 1.165) is 5.56 Å². The zero-order valence-electron chi connectivity index (χ0n) is 9.60. The number of nitrogens with one attached hydrogen (secondary N) is 1. The third-order valence-electron chi connectivity index (χ3n) is 2.16. The molecule has 5 heteroatoms. The highest BCUT2D eigenvalue weighted by Crippen LogP contribution is 2.12. The van der Waals surface area contributed by atoms with Gasteiger partial charge in [0.05, 0.1) is 19.4 Å². The number of carbonyl (C=O) groups is 2. The van der Waals surface area contributed by atoms with Gasteiger partial charge in [-0.3, -0.25) is 9.59 Å². The van der Waals surface area contributed by atoms with Crippen molar-refractivity contribution in [3.63, 3.8) is 0 Å². The Morgan fingerprint density at radius 1 is 1.29 bits per heavy atom. The lowest BCUT2D eigenvalue weighted by Gasteiger charge is -2.06. The highest BCUT2D eigenvalue weighted by Gasteiger charge is 2.02. The molecule has 1 aromatic rings. The average Bonchev–Trinajstić information content (AvgIpc) is 2.30. The second kappa shape index (κ2) is 6.52. The van der Waals surface area contributed by atoms with E-state index in [1.165, 1.54) is 0 Å². The Labute approximate surface area is 99.4 Å². The summed E-state index contributed by atoms with van der Waals surface area (Å²) in [5, 5.41) is 11.1. The predicted octanol–water partition coefficient (Wildman–Crippen LogP) is 0.829. The first-order chi connectivity index (χ1) is 8.11. The Balaban J connectivity index is 2.40. The average molecular weight is 237 g/mol. The molecule has 0 radical (unpaired) electrons. The lowest BCUT2D eigenvalue weighted by molar-refractivity contribution is -0.136. The van der Waals surface area contributed by atoms with E-state index in [-0.39, 0.29) is 12.3 Å². The van der Waals surface area contributed by atoms with Crippen LogP contribution in [-0.2, 0) is 16.0 Å². The van der Waals surface area contributed by atoms with E-state index in [2.05, 4.69) is 5.32 Å². The molecular weight excluding hydrogens is 222 g/mol. The maximum absolute atomic E-state index is 10.9. The Morgan fingerprint density at radius 3 is 2.47 bits per heavy atom. The fraction of sp³-hybridized carbons (Fsp3) is 0.333. The van der Waals surface area contributed by atoms with Crippen molar-refractivity contribution < 1.29 is 19.4 Å². The molecule has 0 unspecified atom stereocenters. The fourth-order valence-corrected chi connectivity index (χ4v) is 1.26. The summed E-state index contributed by atoms with van der Waals surface area (Å²) < 4.78 is 5.33. The van der Waals surface area contributed by atoms with Crippen molar-refractivity contribution in [3.05, 3.63) is 29.8 Å². The molecule has 0 fully saturated rings. The van der Waals surface area contributed by atoms with E-state index >= 15 is 0 Å². The number of benzene rings is 1. The lowest BCUT2D eigenvalue weighted by atomic mass is 10.1. The number of carboxylic acids is 1. The Kier molecular flexibility index (Phi) is 5.00. The molecule has 5 nitrogen and oxygen atoms in total. The topological polar surface area (TPSA) is 75.6 Å². The van der Waals surface area contributed by atoms with Gasteiger partial charge in [0, 0.05) is 7.05 Å². The minimum atomic E-state index is -0.863. The van der Waals surface area contributed by atoms with Crippen LogP contribution in [0.25, 0.3) is 0 Å². The van der Waals surface area contributed by atoms with Gasteiger partial charge in [-0.05, 0) is 17.7 Å². The molecular formula is C12H15NO4. The van der Waals surface area contributed by atoms with Crippen LogP contribution in [0.2, 0.25) is 0 Å². The second-order valence-electron chi connectivity index (χ2n) is 3.49. The van der Waals surface area contributed by atoms with Crippen molar-refractivity contribution in [2.45, 2.75) is 12.8 Å². The van der Waals surface area contributed by atoms with Crippen LogP contribution < -0.4 is 10.1 Å². The standard InChI is InChI=1S/C12H15NO4/c1-13-11(14)6-7-17-10-4-2-9(3-5-10)8-12(15)16/h2-5H,6-8H2,1H3,(H,13,14)(H,15,16). The molecule has 2 N–H and O–H groups in total. The summed E-state index contributed by atoms with van der Waals surface area (Å²) in [5.74, 6) is -0.311. The third kappa shape index (κ3) is 5.01. The molecule has 0 saturated heterocycles. The summed E-state index contributed by atoms with van der Waals surface area (Å²) >= 11 is 0. The van der Waals surface area contributed by atoms with Gasteiger partial charge in [-0.25, -0.2) is 0 Å². The Hall–Kier alpha value is -2.04. The van der Waals surface area contributed by atoms with Gasteiger partial charge in [0.1, 0.15) is 5.75 Å². The highest BCUT2D eigenvalue weighted by molar-refractivity contribution is 5.75. The smallest absolute Gasteiger partial charge is 0.307 e. The minimum Gasteiger partial charge on any atom is -0.493 e. The van der Waals surface area contributed by atoms with E-state index in [4.69, 9.17) is 9.84 Å². The molecule has 0 aliphatic heterocycles. The number of hydrogen-bond acceptors (Lipinski definition) is 3. The summed E-state index contributed by atoms with van der Waals surface area (Å²) in [6.45, 7) is 0.304. The third-order valence-corrected chi connectivity index (χ3v) is 2.16. The van der Waals surface area contributed by atoms with Gasteiger partial charge in [0.15, 0.2) is 0 Å². The van der Waals surface area contributed by atoms with Crippen molar-refractivity contribution >= 4 is 11.9 Å². The van der Waals surface area contributed by atoms with Gasteiger partial charge >= 0.3 is 5.97 Å². The molecule has 1 amide bonds. The van der Waals surface area contributed by atoms with Crippen molar-refractivity contribution in [1.82, 2.24) is 5.32 Å². The van der Waals surface area contributed by atoms with Gasteiger partial charge in [0.25, 0.3) is 0 Å². The van der Waals surface area contributed by atoms with Crippen LogP contribution in [0.1, 0.15) is 12.0 Å². The lowest BCUT2D eigenvalue weighted by Crippen LogP contribution is -2.20. The van der Waals surface area contributed by atoms with Crippen LogP contribution in [0.4, 0.5) is 0 Å². The number of carbonyl (C=O) groups excluding carboxylic acids is 1. The summed E-state index contributed by atoms with van der Waals surface area (Å²) in [4.78, 5) is 21.4. The molecule has 0 bridgehead atoms. The van der Waals surface area contributed by atoms with Crippen LogP contribution in [0, 0.1) is 0 Å². The second-order valence-corrected chi connectivity index (χ2v) is 3.49. The van der Waals surface area contributed by atoms with Gasteiger partial charge in [-0.15, -0.1) is 0 Å². The zero-order valence-corrected chi connectivity index (χ0v) is 9.60. The molecule has 0 spiro atoms.